The normalized spacial score (nSPS) is 26.7. The Bertz CT molecular complexity index is 568. The van der Waals surface area contributed by atoms with Gasteiger partial charge in [0.05, 0.1) is 12.5 Å². The lowest BCUT2D eigenvalue weighted by Gasteiger charge is -2.33. The molecule has 2 aliphatic rings. The maximum atomic E-state index is 13.5. The molecule has 7 heteroatoms. The molecular weight excluding hydrogens is 338 g/mol. The van der Waals surface area contributed by atoms with Crippen LogP contribution in [0.4, 0.5) is 8.78 Å². The second-order valence-corrected chi connectivity index (χ2v) is 6.29. The number of rotatable bonds is 4. The Morgan fingerprint density at radius 3 is 2.83 bits per heavy atom. The van der Waals surface area contributed by atoms with E-state index >= 15 is 0 Å². The van der Waals surface area contributed by atoms with Crippen LogP contribution in [0.1, 0.15) is 37.2 Å². The zero-order valence-electron chi connectivity index (χ0n) is 13.4. The van der Waals surface area contributed by atoms with Gasteiger partial charge in [0, 0.05) is 25.1 Å². The summed E-state index contributed by atoms with van der Waals surface area (Å²) in [4.78, 5) is 12.2. The fraction of sp³-hybridized carbons (Fsp3) is 0.588. The van der Waals surface area contributed by atoms with Crippen LogP contribution in [-0.2, 0) is 9.53 Å². The minimum atomic E-state index is -0.846. The van der Waals surface area contributed by atoms with Crippen molar-refractivity contribution in [1.29, 1.82) is 0 Å². The highest BCUT2D eigenvalue weighted by Gasteiger charge is 2.29. The van der Waals surface area contributed by atoms with Gasteiger partial charge >= 0.3 is 0 Å². The molecule has 0 bridgehead atoms. The molecule has 0 aromatic heterocycles. The van der Waals surface area contributed by atoms with Gasteiger partial charge in [-0.2, -0.15) is 0 Å². The summed E-state index contributed by atoms with van der Waals surface area (Å²) in [6, 6.07) is 3.87. The first-order valence-electron chi connectivity index (χ1n) is 8.20. The number of carbonyl (C=O) groups excluding carboxylic acids is 1. The zero-order chi connectivity index (χ0) is 16.2. The molecule has 1 aromatic rings. The van der Waals surface area contributed by atoms with Gasteiger partial charge in [-0.15, -0.1) is 12.4 Å². The average Bonchev–Trinajstić information content (AvgIpc) is 3.03. The molecule has 3 atom stereocenters. The predicted molar refractivity (Wildman–Crippen MR) is 89.4 cm³/mol. The number of benzene rings is 1. The molecule has 0 spiro atoms. The molecule has 4 nitrogen and oxygen atoms in total. The molecule has 2 N–H and O–H groups in total. The zero-order valence-corrected chi connectivity index (χ0v) is 14.2. The summed E-state index contributed by atoms with van der Waals surface area (Å²) in [6.45, 7) is 2.14. The maximum absolute atomic E-state index is 13.5. The number of hydrogen-bond acceptors (Lipinski definition) is 3. The second-order valence-electron chi connectivity index (χ2n) is 6.29. The van der Waals surface area contributed by atoms with E-state index in [0.717, 1.165) is 44.0 Å². The van der Waals surface area contributed by atoms with Crippen molar-refractivity contribution < 1.29 is 18.3 Å². The van der Waals surface area contributed by atoms with Crippen molar-refractivity contribution in [2.45, 2.75) is 43.7 Å². The van der Waals surface area contributed by atoms with Gasteiger partial charge in [-0.1, -0.05) is 6.07 Å². The Morgan fingerprint density at radius 2 is 2.12 bits per heavy atom. The lowest BCUT2D eigenvalue weighted by Crippen LogP contribution is -2.50. The molecule has 2 heterocycles. The van der Waals surface area contributed by atoms with Gasteiger partial charge in [-0.05, 0) is 43.5 Å². The third-order valence-corrected chi connectivity index (χ3v) is 4.64. The van der Waals surface area contributed by atoms with Crippen molar-refractivity contribution in [2.75, 3.05) is 19.7 Å². The molecule has 0 radical (unpaired) electrons. The van der Waals surface area contributed by atoms with Crippen LogP contribution in [0.2, 0.25) is 0 Å². The number of hydrogen-bond donors (Lipinski definition) is 2. The Hall–Kier alpha value is -1.24. The number of halogens is 3. The van der Waals surface area contributed by atoms with Crippen molar-refractivity contribution in [1.82, 2.24) is 10.6 Å². The van der Waals surface area contributed by atoms with E-state index in [4.69, 9.17) is 4.74 Å². The minimum absolute atomic E-state index is 0. The number of nitrogens with one attached hydrogen (secondary N) is 2. The molecule has 134 valence electrons. The van der Waals surface area contributed by atoms with E-state index in [1.165, 1.54) is 6.07 Å². The minimum Gasteiger partial charge on any atom is -0.378 e. The first-order chi connectivity index (χ1) is 11.1. The Balaban J connectivity index is 0.00000208. The summed E-state index contributed by atoms with van der Waals surface area (Å²) in [6.07, 6.45) is 3.06. The van der Waals surface area contributed by atoms with Gasteiger partial charge < -0.3 is 15.4 Å². The molecule has 0 saturated carbocycles. The van der Waals surface area contributed by atoms with Gasteiger partial charge in [0.1, 0.15) is 0 Å². The fourth-order valence-electron chi connectivity index (χ4n) is 3.43. The molecule has 2 saturated heterocycles. The predicted octanol–water partition coefficient (Wildman–Crippen LogP) is 2.52. The van der Waals surface area contributed by atoms with Gasteiger partial charge in [-0.3, -0.25) is 4.79 Å². The highest BCUT2D eigenvalue weighted by Crippen LogP contribution is 2.27. The maximum Gasteiger partial charge on any atom is 0.222 e. The highest BCUT2D eigenvalue weighted by molar-refractivity contribution is 5.85. The average molecular weight is 361 g/mol. The van der Waals surface area contributed by atoms with E-state index in [9.17, 15) is 13.6 Å². The number of amides is 1. The van der Waals surface area contributed by atoms with Gasteiger partial charge in [0.15, 0.2) is 11.6 Å². The van der Waals surface area contributed by atoms with Crippen molar-refractivity contribution in [2.24, 2.45) is 0 Å². The van der Waals surface area contributed by atoms with Crippen LogP contribution in [-0.4, -0.2) is 37.7 Å². The van der Waals surface area contributed by atoms with E-state index in [-0.39, 0.29) is 36.4 Å². The molecule has 2 aliphatic heterocycles. The largest absolute Gasteiger partial charge is 0.378 e. The topological polar surface area (TPSA) is 50.4 Å². The molecule has 3 unspecified atom stereocenters. The second kappa shape index (κ2) is 8.74. The summed E-state index contributed by atoms with van der Waals surface area (Å²) in [5, 5.41) is 6.28. The summed E-state index contributed by atoms with van der Waals surface area (Å²) in [5.41, 5.74) is 0.729. The molecule has 3 rings (SSSR count). The molecule has 1 amide bonds. The van der Waals surface area contributed by atoms with Crippen LogP contribution in [0, 0.1) is 11.6 Å². The number of carbonyl (C=O) groups is 1. The summed E-state index contributed by atoms with van der Waals surface area (Å²) in [5.74, 6) is -1.75. The van der Waals surface area contributed by atoms with E-state index in [2.05, 4.69) is 10.6 Å². The molecule has 2 fully saturated rings. The molecule has 24 heavy (non-hydrogen) atoms. The van der Waals surface area contributed by atoms with Crippen LogP contribution < -0.4 is 10.6 Å². The van der Waals surface area contributed by atoms with Crippen molar-refractivity contribution in [3.63, 3.8) is 0 Å². The lowest BCUT2D eigenvalue weighted by atomic mass is 9.86. The monoisotopic (exact) mass is 360 g/mol. The van der Waals surface area contributed by atoms with Crippen LogP contribution >= 0.6 is 12.4 Å². The Kier molecular flexibility index (Phi) is 6.95. The number of ether oxygens (including phenoxy) is 1. The summed E-state index contributed by atoms with van der Waals surface area (Å²) in [7, 11) is 0. The van der Waals surface area contributed by atoms with Crippen LogP contribution in [0.25, 0.3) is 0 Å². The fourth-order valence-corrected chi connectivity index (χ4v) is 3.43. The van der Waals surface area contributed by atoms with E-state index in [1.807, 2.05) is 0 Å². The van der Waals surface area contributed by atoms with Crippen LogP contribution in [0.3, 0.4) is 0 Å². The molecule has 1 aromatic carbocycles. The van der Waals surface area contributed by atoms with Gasteiger partial charge in [0.25, 0.3) is 0 Å². The SMILES string of the molecule is Cl.O=C(CC1CCCO1)NC1CNCCC1c1ccc(F)c(F)c1. The summed E-state index contributed by atoms with van der Waals surface area (Å²) < 4.78 is 32.1. The quantitative estimate of drug-likeness (QED) is 0.867. The van der Waals surface area contributed by atoms with Gasteiger partial charge in [-0.25, -0.2) is 8.78 Å². The van der Waals surface area contributed by atoms with E-state index in [0.29, 0.717) is 13.0 Å². The van der Waals surface area contributed by atoms with Crippen LogP contribution in [0.5, 0.6) is 0 Å². The Morgan fingerprint density at radius 1 is 1.29 bits per heavy atom. The van der Waals surface area contributed by atoms with Gasteiger partial charge in [0.2, 0.25) is 5.91 Å². The van der Waals surface area contributed by atoms with Crippen LogP contribution in [0.15, 0.2) is 18.2 Å². The Labute approximate surface area is 146 Å². The first kappa shape index (κ1) is 19.1. The highest BCUT2D eigenvalue weighted by atomic mass is 35.5. The standard InChI is InChI=1S/C17H22F2N2O2.ClH/c18-14-4-3-11(8-15(14)19)13-5-6-20-10-16(13)21-17(22)9-12-2-1-7-23-12;/h3-4,8,12-13,16,20H,1-2,5-7,9-10H2,(H,21,22);1H. The summed E-state index contributed by atoms with van der Waals surface area (Å²) >= 11 is 0. The van der Waals surface area contributed by atoms with E-state index in [1.54, 1.807) is 6.07 Å². The lowest BCUT2D eigenvalue weighted by molar-refractivity contribution is -0.124. The molecular formula is C17H23ClF2N2O2. The number of piperidine rings is 1. The van der Waals surface area contributed by atoms with Crippen molar-refractivity contribution in [3.8, 4) is 0 Å². The molecule has 0 aliphatic carbocycles. The first-order valence-corrected chi connectivity index (χ1v) is 8.20. The van der Waals surface area contributed by atoms with Crippen molar-refractivity contribution in [3.05, 3.63) is 35.4 Å². The van der Waals surface area contributed by atoms with Crippen molar-refractivity contribution >= 4 is 18.3 Å². The van der Waals surface area contributed by atoms with E-state index < -0.39 is 11.6 Å². The smallest absolute Gasteiger partial charge is 0.222 e. The third kappa shape index (κ3) is 4.65. The third-order valence-electron chi connectivity index (χ3n) is 4.64.